The zero-order chi connectivity index (χ0) is 22.9. The highest BCUT2D eigenvalue weighted by Crippen LogP contribution is 2.28. The number of nitrogens with one attached hydrogen (secondary N) is 2. The summed E-state index contributed by atoms with van der Waals surface area (Å²) in [7, 11) is -3.07. The summed E-state index contributed by atoms with van der Waals surface area (Å²) in [6, 6.07) is 17.1. The van der Waals surface area contributed by atoms with Crippen LogP contribution in [0.4, 0.5) is 10.1 Å². The van der Waals surface area contributed by atoms with Crippen LogP contribution in [0.25, 0.3) is 10.9 Å². The summed E-state index contributed by atoms with van der Waals surface area (Å²) in [5.74, 6) is -0.518. The SMILES string of the molecule is Cc1ccccc1CC(=O)Nc1cc(S(C)(=N)=O)c2cn(Cc3ccc(F)cc3)nc2c1. The number of halogens is 1. The maximum Gasteiger partial charge on any atom is 0.228 e. The van der Waals surface area contributed by atoms with Crippen LogP contribution in [0.2, 0.25) is 0 Å². The average Bonchev–Trinajstić information content (AvgIpc) is 3.12. The molecule has 8 heteroatoms. The molecule has 164 valence electrons. The Hall–Kier alpha value is -3.52. The Kier molecular flexibility index (Phi) is 5.80. The largest absolute Gasteiger partial charge is 0.326 e. The molecular formula is C24H23FN4O2S. The number of benzene rings is 3. The lowest BCUT2D eigenvalue weighted by atomic mass is 10.1. The molecule has 1 heterocycles. The van der Waals surface area contributed by atoms with Crippen LogP contribution in [-0.4, -0.2) is 26.2 Å². The van der Waals surface area contributed by atoms with Crippen molar-refractivity contribution in [3.05, 3.63) is 89.4 Å². The Morgan fingerprint density at radius 2 is 1.88 bits per heavy atom. The van der Waals surface area contributed by atoms with E-state index < -0.39 is 9.73 Å². The van der Waals surface area contributed by atoms with Crippen molar-refractivity contribution >= 4 is 32.2 Å². The van der Waals surface area contributed by atoms with E-state index in [2.05, 4.69) is 10.4 Å². The van der Waals surface area contributed by atoms with Crippen LogP contribution in [0.3, 0.4) is 0 Å². The van der Waals surface area contributed by atoms with Gasteiger partial charge in [0.1, 0.15) is 5.82 Å². The lowest BCUT2D eigenvalue weighted by Gasteiger charge is -2.10. The number of carbonyl (C=O) groups is 1. The van der Waals surface area contributed by atoms with Crippen molar-refractivity contribution in [2.75, 3.05) is 11.6 Å². The normalized spacial score (nSPS) is 13.1. The van der Waals surface area contributed by atoms with E-state index in [1.54, 1.807) is 35.1 Å². The molecule has 4 aromatic rings. The summed E-state index contributed by atoms with van der Waals surface area (Å²) in [6.45, 7) is 2.35. The van der Waals surface area contributed by atoms with Crippen molar-refractivity contribution in [2.45, 2.75) is 24.8 Å². The molecule has 4 rings (SSSR count). The molecule has 0 spiro atoms. The molecular weight excluding hydrogens is 427 g/mol. The fourth-order valence-electron chi connectivity index (χ4n) is 3.58. The average molecular weight is 451 g/mol. The monoisotopic (exact) mass is 450 g/mol. The van der Waals surface area contributed by atoms with Crippen molar-refractivity contribution < 1.29 is 13.4 Å². The van der Waals surface area contributed by atoms with E-state index in [0.717, 1.165) is 16.7 Å². The molecule has 2 N–H and O–H groups in total. The van der Waals surface area contributed by atoms with Crippen LogP contribution in [0.5, 0.6) is 0 Å². The van der Waals surface area contributed by atoms with E-state index in [1.165, 1.54) is 18.4 Å². The fourth-order valence-corrected chi connectivity index (χ4v) is 4.51. The number of fused-ring (bicyclic) bond motifs is 1. The smallest absolute Gasteiger partial charge is 0.228 e. The van der Waals surface area contributed by atoms with Gasteiger partial charge in [0, 0.05) is 23.5 Å². The lowest BCUT2D eigenvalue weighted by Crippen LogP contribution is -2.15. The molecule has 0 bridgehead atoms. The maximum absolute atomic E-state index is 13.2. The van der Waals surface area contributed by atoms with Gasteiger partial charge in [-0.25, -0.2) is 13.4 Å². The van der Waals surface area contributed by atoms with E-state index in [9.17, 15) is 13.4 Å². The van der Waals surface area contributed by atoms with E-state index in [1.807, 2.05) is 31.2 Å². The van der Waals surface area contributed by atoms with Gasteiger partial charge in [0.2, 0.25) is 5.91 Å². The molecule has 32 heavy (non-hydrogen) atoms. The molecule has 0 radical (unpaired) electrons. The van der Waals surface area contributed by atoms with Gasteiger partial charge in [-0.3, -0.25) is 9.48 Å². The van der Waals surface area contributed by atoms with Gasteiger partial charge >= 0.3 is 0 Å². The second kappa shape index (κ2) is 8.55. The fraction of sp³-hybridized carbons (Fsp3) is 0.167. The topological polar surface area (TPSA) is 87.8 Å². The second-order valence-electron chi connectivity index (χ2n) is 7.86. The molecule has 0 aliphatic rings. The first-order chi connectivity index (χ1) is 15.2. The van der Waals surface area contributed by atoms with Crippen LogP contribution in [0.1, 0.15) is 16.7 Å². The molecule has 0 fully saturated rings. The number of anilines is 1. The third-order valence-electron chi connectivity index (χ3n) is 5.21. The van der Waals surface area contributed by atoms with Crippen LogP contribution < -0.4 is 5.32 Å². The molecule has 6 nitrogen and oxygen atoms in total. The summed E-state index contributed by atoms with van der Waals surface area (Å²) in [5.41, 5.74) is 3.78. The number of aromatic nitrogens is 2. The van der Waals surface area contributed by atoms with Crippen LogP contribution in [0, 0.1) is 17.5 Å². The van der Waals surface area contributed by atoms with Crippen molar-refractivity contribution in [3.63, 3.8) is 0 Å². The Bertz CT molecular complexity index is 1410. The summed E-state index contributed by atoms with van der Waals surface area (Å²) in [5, 5.41) is 7.97. The maximum atomic E-state index is 13.2. The third-order valence-corrected chi connectivity index (χ3v) is 6.39. The number of hydrogen-bond acceptors (Lipinski definition) is 4. The number of carbonyl (C=O) groups excluding carboxylic acids is 1. The minimum atomic E-state index is -3.07. The van der Waals surface area contributed by atoms with Gasteiger partial charge < -0.3 is 5.32 Å². The highest BCUT2D eigenvalue weighted by molar-refractivity contribution is 7.92. The van der Waals surface area contributed by atoms with Crippen molar-refractivity contribution in [2.24, 2.45) is 0 Å². The first kappa shape index (κ1) is 21.7. The van der Waals surface area contributed by atoms with Crippen molar-refractivity contribution in [3.8, 4) is 0 Å². The van der Waals surface area contributed by atoms with Gasteiger partial charge in [0.25, 0.3) is 0 Å². The Morgan fingerprint density at radius 1 is 1.16 bits per heavy atom. The zero-order valence-electron chi connectivity index (χ0n) is 17.8. The van der Waals surface area contributed by atoms with E-state index >= 15 is 0 Å². The highest BCUT2D eigenvalue weighted by atomic mass is 32.2. The van der Waals surface area contributed by atoms with E-state index in [4.69, 9.17) is 4.78 Å². The van der Waals surface area contributed by atoms with Gasteiger partial charge in [-0.2, -0.15) is 5.10 Å². The Labute approximate surface area is 186 Å². The van der Waals surface area contributed by atoms with Crippen LogP contribution in [-0.2, 0) is 27.5 Å². The molecule has 1 atom stereocenters. The van der Waals surface area contributed by atoms with E-state index in [-0.39, 0.29) is 18.1 Å². The summed E-state index contributed by atoms with van der Waals surface area (Å²) < 4.78 is 35.6. The van der Waals surface area contributed by atoms with Gasteiger partial charge in [0.15, 0.2) is 0 Å². The minimum Gasteiger partial charge on any atom is -0.326 e. The molecule has 3 aromatic carbocycles. The standard InChI is InChI=1S/C24H23FN4O2S/c1-16-5-3-4-6-18(16)11-24(30)27-20-12-22-21(23(13-20)32(2,26)31)15-29(28-22)14-17-7-9-19(25)10-8-17/h3-10,12-13,15,26H,11,14H2,1-2H3,(H,27,30). The second-order valence-corrected chi connectivity index (χ2v) is 9.98. The predicted octanol–water partition coefficient (Wildman–Crippen LogP) is 4.75. The summed E-state index contributed by atoms with van der Waals surface area (Å²) in [4.78, 5) is 12.9. The van der Waals surface area contributed by atoms with E-state index in [0.29, 0.717) is 28.0 Å². The van der Waals surface area contributed by atoms with Crippen LogP contribution in [0.15, 0.2) is 71.8 Å². The predicted molar refractivity (Wildman–Crippen MR) is 124 cm³/mol. The van der Waals surface area contributed by atoms with Crippen molar-refractivity contribution in [1.29, 1.82) is 4.78 Å². The molecule has 0 aliphatic carbocycles. The van der Waals surface area contributed by atoms with Gasteiger partial charge in [-0.1, -0.05) is 36.4 Å². The quantitative estimate of drug-likeness (QED) is 0.444. The van der Waals surface area contributed by atoms with Gasteiger partial charge in [-0.15, -0.1) is 0 Å². The Morgan fingerprint density at radius 3 is 2.56 bits per heavy atom. The molecule has 1 unspecified atom stereocenters. The molecule has 0 aliphatic heterocycles. The first-order valence-corrected chi connectivity index (χ1v) is 12.0. The molecule has 1 amide bonds. The minimum absolute atomic E-state index is 0.206. The third kappa shape index (κ3) is 4.86. The highest BCUT2D eigenvalue weighted by Gasteiger charge is 2.16. The van der Waals surface area contributed by atoms with Crippen LogP contribution >= 0.6 is 0 Å². The van der Waals surface area contributed by atoms with Crippen molar-refractivity contribution in [1.82, 2.24) is 9.78 Å². The molecule has 1 aromatic heterocycles. The summed E-state index contributed by atoms with van der Waals surface area (Å²) in [6.07, 6.45) is 3.28. The lowest BCUT2D eigenvalue weighted by molar-refractivity contribution is -0.115. The first-order valence-electron chi connectivity index (χ1n) is 10.0. The number of aryl methyl sites for hydroxylation is 1. The number of rotatable bonds is 6. The van der Waals surface area contributed by atoms with Gasteiger partial charge in [0.05, 0.1) is 33.1 Å². The molecule has 0 saturated carbocycles. The zero-order valence-corrected chi connectivity index (χ0v) is 18.6. The number of hydrogen-bond donors (Lipinski definition) is 2. The number of amides is 1. The number of nitrogens with zero attached hydrogens (tertiary/aromatic N) is 2. The van der Waals surface area contributed by atoms with Gasteiger partial charge in [-0.05, 0) is 47.9 Å². The molecule has 0 saturated heterocycles. The summed E-state index contributed by atoms with van der Waals surface area (Å²) >= 11 is 0. The Balaban J connectivity index is 1.65.